The van der Waals surface area contributed by atoms with Crippen LogP contribution in [0, 0.1) is 0 Å². The Morgan fingerprint density at radius 3 is 3.00 bits per heavy atom. The maximum atomic E-state index is 10.2. The van der Waals surface area contributed by atoms with Crippen molar-refractivity contribution in [2.24, 2.45) is 0 Å². The standard InChI is InChI=1S/C8H15NO3S/c10-7(3-8(11)12)4-9-6-1-2-13-5-6/h6-7,9-10H,1-5H2,(H,11,12). The fourth-order valence-corrected chi connectivity index (χ4v) is 2.46. The molecule has 1 saturated heterocycles. The smallest absolute Gasteiger partial charge is 0.306 e. The van der Waals surface area contributed by atoms with Gasteiger partial charge in [-0.05, 0) is 12.2 Å². The molecule has 0 spiro atoms. The fraction of sp³-hybridized carbons (Fsp3) is 0.875. The molecule has 0 saturated carbocycles. The van der Waals surface area contributed by atoms with Crippen LogP contribution in [0.15, 0.2) is 0 Å². The highest BCUT2D eigenvalue weighted by atomic mass is 32.2. The van der Waals surface area contributed by atoms with Crippen molar-refractivity contribution in [2.45, 2.75) is 25.0 Å². The summed E-state index contributed by atoms with van der Waals surface area (Å²) >= 11 is 1.89. The Morgan fingerprint density at radius 1 is 1.69 bits per heavy atom. The predicted octanol–water partition coefficient (Wildman–Crippen LogP) is -0.0829. The molecule has 0 aromatic heterocycles. The van der Waals surface area contributed by atoms with Crippen molar-refractivity contribution in [1.29, 1.82) is 0 Å². The Morgan fingerprint density at radius 2 is 2.46 bits per heavy atom. The first kappa shape index (κ1) is 10.8. The highest BCUT2D eigenvalue weighted by molar-refractivity contribution is 7.99. The second kappa shape index (κ2) is 5.47. The highest BCUT2D eigenvalue weighted by Gasteiger charge is 2.16. The number of hydrogen-bond donors (Lipinski definition) is 3. The third kappa shape index (κ3) is 4.50. The number of thioether (sulfide) groups is 1. The number of carboxylic acid groups (broad SMARTS) is 1. The molecule has 1 fully saturated rings. The summed E-state index contributed by atoms with van der Waals surface area (Å²) in [7, 11) is 0. The van der Waals surface area contributed by atoms with Gasteiger partial charge in [0.1, 0.15) is 0 Å². The minimum atomic E-state index is -0.949. The number of carbonyl (C=O) groups is 1. The van der Waals surface area contributed by atoms with E-state index in [1.807, 2.05) is 11.8 Å². The van der Waals surface area contributed by atoms with E-state index in [-0.39, 0.29) is 6.42 Å². The molecular weight excluding hydrogens is 190 g/mol. The van der Waals surface area contributed by atoms with Crippen molar-refractivity contribution in [3.05, 3.63) is 0 Å². The van der Waals surface area contributed by atoms with Gasteiger partial charge in [0.2, 0.25) is 0 Å². The highest BCUT2D eigenvalue weighted by Crippen LogP contribution is 2.16. The molecule has 76 valence electrons. The van der Waals surface area contributed by atoms with E-state index in [1.54, 1.807) is 0 Å². The zero-order valence-corrected chi connectivity index (χ0v) is 8.22. The number of aliphatic carboxylic acids is 1. The molecule has 0 aromatic rings. The van der Waals surface area contributed by atoms with Crippen LogP contribution in [0.3, 0.4) is 0 Å². The Bertz CT molecular complexity index is 171. The molecule has 13 heavy (non-hydrogen) atoms. The first-order valence-corrected chi connectivity index (χ1v) is 5.55. The molecule has 0 radical (unpaired) electrons. The normalized spacial score (nSPS) is 24.5. The average molecular weight is 205 g/mol. The lowest BCUT2D eigenvalue weighted by Gasteiger charge is -2.13. The zero-order chi connectivity index (χ0) is 9.68. The average Bonchev–Trinajstić information content (AvgIpc) is 2.51. The Balaban J connectivity index is 2.06. The van der Waals surface area contributed by atoms with Gasteiger partial charge >= 0.3 is 5.97 Å². The maximum Gasteiger partial charge on any atom is 0.306 e. The SMILES string of the molecule is O=C(O)CC(O)CNC1CCSC1. The first-order valence-electron chi connectivity index (χ1n) is 4.39. The van der Waals surface area contributed by atoms with Gasteiger partial charge in [-0.25, -0.2) is 0 Å². The summed E-state index contributed by atoms with van der Waals surface area (Å²) in [4.78, 5) is 10.2. The van der Waals surface area contributed by atoms with Crippen molar-refractivity contribution >= 4 is 17.7 Å². The van der Waals surface area contributed by atoms with Gasteiger partial charge in [-0.3, -0.25) is 4.79 Å². The topological polar surface area (TPSA) is 69.6 Å². The number of rotatable bonds is 5. The van der Waals surface area contributed by atoms with E-state index in [0.29, 0.717) is 12.6 Å². The number of carboxylic acids is 1. The second-order valence-corrected chi connectivity index (χ2v) is 4.37. The predicted molar refractivity (Wildman–Crippen MR) is 52.0 cm³/mol. The molecule has 0 amide bonds. The molecule has 0 bridgehead atoms. The number of nitrogens with one attached hydrogen (secondary N) is 1. The third-order valence-corrected chi connectivity index (χ3v) is 3.14. The van der Waals surface area contributed by atoms with Gasteiger partial charge in [0.05, 0.1) is 12.5 Å². The summed E-state index contributed by atoms with van der Waals surface area (Å²) in [6, 6.07) is 0.452. The van der Waals surface area contributed by atoms with Crippen LogP contribution in [0.2, 0.25) is 0 Å². The number of aliphatic hydroxyl groups excluding tert-OH is 1. The Labute approximate surface area is 81.7 Å². The molecule has 1 rings (SSSR count). The molecule has 2 unspecified atom stereocenters. The Hall–Kier alpha value is -0.260. The summed E-state index contributed by atoms with van der Waals surface area (Å²) in [6.45, 7) is 0.386. The van der Waals surface area contributed by atoms with E-state index in [9.17, 15) is 9.90 Å². The summed E-state index contributed by atoms with van der Waals surface area (Å²) < 4.78 is 0. The monoisotopic (exact) mass is 205 g/mol. The van der Waals surface area contributed by atoms with Crippen LogP contribution in [-0.2, 0) is 4.79 Å². The molecule has 0 aliphatic carbocycles. The van der Waals surface area contributed by atoms with Crippen molar-refractivity contribution in [3.8, 4) is 0 Å². The van der Waals surface area contributed by atoms with Crippen molar-refractivity contribution in [2.75, 3.05) is 18.1 Å². The second-order valence-electron chi connectivity index (χ2n) is 3.22. The number of aliphatic hydroxyl groups is 1. The molecule has 5 heteroatoms. The van der Waals surface area contributed by atoms with Crippen LogP contribution in [0.4, 0.5) is 0 Å². The maximum absolute atomic E-state index is 10.2. The summed E-state index contributed by atoms with van der Waals surface area (Å²) in [6.07, 6.45) is 0.181. The molecule has 1 aliphatic rings. The molecule has 1 aliphatic heterocycles. The molecule has 4 nitrogen and oxygen atoms in total. The minimum Gasteiger partial charge on any atom is -0.481 e. The summed E-state index contributed by atoms with van der Waals surface area (Å²) in [5.41, 5.74) is 0. The lowest BCUT2D eigenvalue weighted by molar-refractivity contribution is -0.139. The van der Waals surface area contributed by atoms with Gasteiger partial charge in [0.15, 0.2) is 0 Å². The van der Waals surface area contributed by atoms with E-state index in [2.05, 4.69) is 5.32 Å². The fourth-order valence-electron chi connectivity index (χ4n) is 1.27. The lowest BCUT2D eigenvalue weighted by Crippen LogP contribution is -2.36. The van der Waals surface area contributed by atoms with Crippen LogP contribution in [0.5, 0.6) is 0 Å². The van der Waals surface area contributed by atoms with E-state index in [4.69, 9.17) is 5.11 Å². The van der Waals surface area contributed by atoms with Gasteiger partial charge in [-0.2, -0.15) is 11.8 Å². The quantitative estimate of drug-likeness (QED) is 0.585. The van der Waals surface area contributed by atoms with Crippen molar-refractivity contribution < 1.29 is 15.0 Å². The van der Waals surface area contributed by atoms with Gasteiger partial charge in [-0.1, -0.05) is 0 Å². The largest absolute Gasteiger partial charge is 0.481 e. The molecule has 3 N–H and O–H groups in total. The van der Waals surface area contributed by atoms with Crippen LogP contribution < -0.4 is 5.32 Å². The van der Waals surface area contributed by atoms with Gasteiger partial charge in [-0.15, -0.1) is 0 Å². The Kier molecular flexibility index (Phi) is 4.55. The molecule has 2 atom stereocenters. The summed E-state index contributed by atoms with van der Waals surface area (Å²) in [5, 5.41) is 20.8. The first-order chi connectivity index (χ1) is 6.18. The molecule has 1 heterocycles. The van der Waals surface area contributed by atoms with E-state index >= 15 is 0 Å². The van der Waals surface area contributed by atoms with E-state index in [1.165, 1.54) is 0 Å². The van der Waals surface area contributed by atoms with E-state index < -0.39 is 12.1 Å². The van der Waals surface area contributed by atoms with Crippen LogP contribution in [-0.4, -0.2) is 46.4 Å². The van der Waals surface area contributed by atoms with E-state index in [0.717, 1.165) is 17.9 Å². The lowest BCUT2D eigenvalue weighted by atomic mass is 10.2. The van der Waals surface area contributed by atoms with Crippen LogP contribution >= 0.6 is 11.8 Å². The van der Waals surface area contributed by atoms with Gasteiger partial charge in [0.25, 0.3) is 0 Å². The van der Waals surface area contributed by atoms with Gasteiger partial charge in [0, 0.05) is 18.3 Å². The third-order valence-electron chi connectivity index (χ3n) is 1.98. The summed E-state index contributed by atoms with van der Waals surface area (Å²) in [5.74, 6) is 1.28. The van der Waals surface area contributed by atoms with Crippen molar-refractivity contribution in [3.63, 3.8) is 0 Å². The van der Waals surface area contributed by atoms with Gasteiger partial charge < -0.3 is 15.5 Å². The number of hydrogen-bond acceptors (Lipinski definition) is 4. The van der Waals surface area contributed by atoms with Crippen LogP contribution in [0.25, 0.3) is 0 Å². The zero-order valence-electron chi connectivity index (χ0n) is 7.40. The molecular formula is C8H15NO3S. The van der Waals surface area contributed by atoms with Crippen molar-refractivity contribution in [1.82, 2.24) is 5.32 Å². The molecule has 0 aromatic carbocycles. The minimum absolute atomic E-state index is 0.174. The van der Waals surface area contributed by atoms with Crippen LogP contribution in [0.1, 0.15) is 12.8 Å².